The van der Waals surface area contributed by atoms with Crippen LogP contribution >= 0.6 is 23.2 Å². The van der Waals surface area contributed by atoms with E-state index in [9.17, 15) is 4.79 Å². The molecule has 0 bridgehead atoms. The fourth-order valence-electron chi connectivity index (χ4n) is 4.85. The average Bonchev–Trinajstić information content (AvgIpc) is 3.13. The van der Waals surface area contributed by atoms with Gasteiger partial charge in [0, 0.05) is 0 Å². The lowest BCUT2D eigenvalue weighted by atomic mass is 9.87. The summed E-state index contributed by atoms with van der Waals surface area (Å²) in [6.45, 7) is 4.64. The van der Waals surface area contributed by atoms with Gasteiger partial charge >= 0.3 is 5.97 Å². The second-order valence-electron chi connectivity index (χ2n) is 8.96. The first-order chi connectivity index (χ1) is 12.4. The van der Waals surface area contributed by atoms with E-state index < -0.39 is 0 Å². The minimum Gasteiger partial charge on any atom is -0.465 e. The van der Waals surface area contributed by atoms with E-state index in [4.69, 9.17) is 32.7 Å². The van der Waals surface area contributed by atoms with E-state index in [1.54, 1.807) is 6.08 Å². The Morgan fingerprint density at radius 3 is 2.42 bits per heavy atom. The van der Waals surface area contributed by atoms with E-state index >= 15 is 0 Å². The Labute approximate surface area is 167 Å². The van der Waals surface area contributed by atoms with Crippen LogP contribution in [0, 0.1) is 23.2 Å². The van der Waals surface area contributed by atoms with E-state index in [-0.39, 0.29) is 27.7 Å². The predicted molar refractivity (Wildman–Crippen MR) is 105 cm³/mol. The maximum atomic E-state index is 12.5. The van der Waals surface area contributed by atoms with Crippen molar-refractivity contribution in [3.63, 3.8) is 0 Å². The number of carbonyl (C=O) groups is 1. The van der Waals surface area contributed by atoms with Gasteiger partial charge in [-0.3, -0.25) is 4.79 Å². The van der Waals surface area contributed by atoms with Crippen LogP contribution in [-0.4, -0.2) is 24.8 Å². The summed E-state index contributed by atoms with van der Waals surface area (Å²) in [4.78, 5) is 12.5. The lowest BCUT2D eigenvalue weighted by molar-refractivity contribution is -0.149. The molecule has 3 aliphatic rings. The Bertz CT molecular complexity index is 521. The van der Waals surface area contributed by atoms with Crippen LogP contribution < -0.4 is 0 Å². The molecule has 3 fully saturated rings. The molecule has 0 radical (unpaired) electrons. The maximum absolute atomic E-state index is 12.5. The molecule has 3 saturated carbocycles. The molecule has 3 nitrogen and oxygen atoms in total. The van der Waals surface area contributed by atoms with E-state index in [1.165, 1.54) is 38.5 Å². The molecule has 0 aliphatic heterocycles. The highest BCUT2D eigenvalue weighted by Gasteiger charge is 2.61. The summed E-state index contributed by atoms with van der Waals surface area (Å²) in [7, 11) is 0. The van der Waals surface area contributed by atoms with Crippen LogP contribution in [-0.2, 0) is 14.3 Å². The molecule has 0 N–H and O–H groups in total. The molecule has 0 saturated heterocycles. The van der Waals surface area contributed by atoms with Crippen LogP contribution in [0.15, 0.2) is 10.6 Å². The Morgan fingerprint density at radius 2 is 1.73 bits per heavy atom. The Morgan fingerprint density at radius 1 is 1.04 bits per heavy atom. The van der Waals surface area contributed by atoms with Crippen LogP contribution in [0.1, 0.15) is 71.6 Å². The van der Waals surface area contributed by atoms with Gasteiger partial charge in [-0.15, -0.1) is 0 Å². The van der Waals surface area contributed by atoms with E-state index in [2.05, 4.69) is 13.8 Å². The molecule has 148 valence electrons. The summed E-state index contributed by atoms with van der Waals surface area (Å²) < 4.78 is 12.3. The molecule has 0 heterocycles. The monoisotopic (exact) mass is 402 g/mol. The minimum absolute atomic E-state index is 0.0775. The van der Waals surface area contributed by atoms with Gasteiger partial charge < -0.3 is 9.47 Å². The van der Waals surface area contributed by atoms with E-state index in [0.29, 0.717) is 24.7 Å². The fourth-order valence-corrected chi connectivity index (χ4v) is 5.13. The first-order valence-electron chi connectivity index (χ1n) is 10.2. The molecule has 26 heavy (non-hydrogen) atoms. The van der Waals surface area contributed by atoms with Crippen molar-refractivity contribution in [1.82, 2.24) is 0 Å². The molecule has 3 rings (SSSR count). The molecular formula is C21H32Cl2O3. The molecule has 5 heteroatoms. The highest BCUT2D eigenvalue weighted by molar-refractivity contribution is 6.55. The third kappa shape index (κ3) is 5.17. The van der Waals surface area contributed by atoms with E-state index in [1.807, 2.05) is 0 Å². The lowest BCUT2D eigenvalue weighted by Gasteiger charge is -2.33. The van der Waals surface area contributed by atoms with Crippen LogP contribution in [0.4, 0.5) is 0 Å². The molecule has 4 atom stereocenters. The lowest BCUT2D eigenvalue weighted by Crippen LogP contribution is -2.31. The van der Waals surface area contributed by atoms with Gasteiger partial charge in [0.25, 0.3) is 0 Å². The first kappa shape index (κ1) is 20.5. The van der Waals surface area contributed by atoms with Crippen molar-refractivity contribution in [2.24, 2.45) is 23.2 Å². The molecule has 0 aromatic rings. The number of halogens is 2. The summed E-state index contributed by atoms with van der Waals surface area (Å²) in [5, 5.41) is 0. The minimum atomic E-state index is -0.132. The molecule has 0 aromatic heterocycles. The van der Waals surface area contributed by atoms with Crippen LogP contribution in [0.25, 0.3) is 0 Å². The third-order valence-electron chi connectivity index (χ3n) is 6.60. The fraction of sp³-hybridized carbons (Fsp3) is 0.857. The van der Waals surface area contributed by atoms with Crippen molar-refractivity contribution >= 4 is 29.2 Å². The van der Waals surface area contributed by atoms with Gasteiger partial charge in [0.15, 0.2) is 0 Å². The van der Waals surface area contributed by atoms with Crippen molar-refractivity contribution in [2.45, 2.75) is 83.8 Å². The summed E-state index contributed by atoms with van der Waals surface area (Å²) >= 11 is 11.5. The highest BCUT2D eigenvalue weighted by atomic mass is 35.5. The van der Waals surface area contributed by atoms with Gasteiger partial charge in [-0.05, 0) is 55.4 Å². The number of ether oxygens (including phenoxy) is 2. The van der Waals surface area contributed by atoms with Gasteiger partial charge in [0.1, 0.15) is 4.49 Å². The largest absolute Gasteiger partial charge is 0.465 e. The smallest absolute Gasteiger partial charge is 0.310 e. The summed E-state index contributed by atoms with van der Waals surface area (Å²) in [5.74, 6) is 0.261. The number of esters is 1. The van der Waals surface area contributed by atoms with Gasteiger partial charge in [0.2, 0.25) is 0 Å². The van der Waals surface area contributed by atoms with Crippen molar-refractivity contribution in [1.29, 1.82) is 0 Å². The topological polar surface area (TPSA) is 35.5 Å². The molecule has 0 amide bonds. The number of allylic oxidation sites excluding steroid dienone is 1. The third-order valence-corrected chi connectivity index (χ3v) is 6.86. The standard InChI is InChI=1S/C21H32Cl2O3/c1-21(2)17(12-18(22)23)19(21)20(24)25-13-14-7-6-10-16(11-14)26-15-8-4-3-5-9-15/h12,14-17,19H,3-11,13H2,1-2H3/t14?,16?,17-,19?/m1/s1. The normalized spacial score (nSPS) is 34.2. The van der Waals surface area contributed by atoms with Gasteiger partial charge in [-0.2, -0.15) is 0 Å². The van der Waals surface area contributed by atoms with Crippen molar-refractivity contribution in [3.05, 3.63) is 10.6 Å². The second kappa shape index (κ2) is 8.84. The molecular weight excluding hydrogens is 371 g/mol. The quantitative estimate of drug-likeness (QED) is 0.508. The zero-order valence-electron chi connectivity index (χ0n) is 16.0. The van der Waals surface area contributed by atoms with Crippen LogP contribution in [0.3, 0.4) is 0 Å². The second-order valence-corrected chi connectivity index (χ2v) is 9.97. The van der Waals surface area contributed by atoms with Crippen molar-refractivity contribution in [3.8, 4) is 0 Å². The number of carbonyl (C=O) groups excluding carboxylic acids is 1. The summed E-state index contributed by atoms with van der Waals surface area (Å²) in [6, 6.07) is 0. The zero-order valence-corrected chi connectivity index (χ0v) is 17.5. The number of rotatable bonds is 6. The number of hydrogen-bond acceptors (Lipinski definition) is 3. The average molecular weight is 403 g/mol. The Kier molecular flexibility index (Phi) is 6.96. The summed E-state index contributed by atoms with van der Waals surface area (Å²) in [6.07, 6.45) is 13.4. The highest BCUT2D eigenvalue weighted by Crippen LogP contribution is 2.60. The van der Waals surface area contributed by atoms with Crippen LogP contribution in [0.5, 0.6) is 0 Å². The molecule has 3 aliphatic carbocycles. The van der Waals surface area contributed by atoms with Gasteiger partial charge in [-0.1, -0.05) is 62.7 Å². The molecule has 3 unspecified atom stereocenters. The zero-order chi connectivity index (χ0) is 18.7. The maximum Gasteiger partial charge on any atom is 0.310 e. The number of hydrogen-bond donors (Lipinski definition) is 0. The van der Waals surface area contributed by atoms with Crippen LogP contribution in [0.2, 0.25) is 0 Å². The van der Waals surface area contributed by atoms with Gasteiger partial charge in [-0.25, -0.2) is 0 Å². The molecule has 0 aromatic carbocycles. The SMILES string of the molecule is CC1(C)C(C(=O)OCC2CCCC(OC3CCCCC3)C2)[C@H]1C=C(Cl)Cl. The van der Waals surface area contributed by atoms with Gasteiger partial charge in [0.05, 0.1) is 24.7 Å². The predicted octanol–water partition coefficient (Wildman–Crippen LogP) is 6.03. The van der Waals surface area contributed by atoms with Crippen molar-refractivity contribution < 1.29 is 14.3 Å². The molecule has 0 spiro atoms. The Hall–Kier alpha value is -0.250. The van der Waals surface area contributed by atoms with E-state index in [0.717, 1.165) is 19.3 Å². The Balaban J connectivity index is 1.43. The summed E-state index contributed by atoms with van der Waals surface area (Å²) in [5.41, 5.74) is -0.120. The van der Waals surface area contributed by atoms with Crippen molar-refractivity contribution in [2.75, 3.05) is 6.61 Å². The first-order valence-corrected chi connectivity index (χ1v) is 11.0.